The van der Waals surface area contributed by atoms with Crippen LogP contribution in [0, 0.1) is 0 Å². The van der Waals surface area contributed by atoms with E-state index in [9.17, 15) is 9.90 Å². The smallest absolute Gasteiger partial charge is 0.373 e. The zero-order valence-electron chi connectivity index (χ0n) is 12.3. The van der Waals surface area contributed by atoms with Crippen LogP contribution in [0.1, 0.15) is 55.5 Å². The second kappa shape index (κ2) is 6.41. The molecule has 5 heteroatoms. The zero-order chi connectivity index (χ0) is 14.7. The van der Waals surface area contributed by atoms with Gasteiger partial charge in [0.05, 0.1) is 19.3 Å². The second-order valence-corrected chi connectivity index (χ2v) is 5.49. The summed E-state index contributed by atoms with van der Waals surface area (Å²) in [6, 6.07) is 3.95. The first-order valence-corrected chi connectivity index (χ1v) is 7.14. The van der Waals surface area contributed by atoms with E-state index >= 15 is 0 Å². The quantitative estimate of drug-likeness (QED) is 0.839. The molecule has 2 rings (SSSR count). The summed E-state index contributed by atoms with van der Waals surface area (Å²) in [5.74, 6) is 0.550. The molecule has 0 spiro atoms. The van der Waals surface area contributed by atoms with Crippen LogP contribution in [0.5, 0.6) is 0 Å². The van der Waals surface area contributed by atoms with E-state index in [1.54, 1.807) is 6.07 Å². The maximum atomic E-state index is 11.4. The van der Waals surface area contributed by atoms with Gasteiger partial charge in [0.1, 0.15) is 5.76 Å². The first-order valence-electron chi connectivity index (χ1n) is 7.14. The molecule has 20 heavy (non-hydrogen) atoms. The van der Waals surface area contributed by atoms with Crippen molar-refractivity contribution in [2.75, 3.05) is 13.7 Å². The Morgan fingerprint density at radius 3 is 2.95 bits per heavy atom. The van der Waals surface area contributed by atoms with Crippen LogP contribution in [-0.2, 0) is 4.74 Å². The largest absolute Gasteiger partial charge is 0.463 e. The Bertz CT molecular complexity index is 454. The number of nitrogens with zero attached hydrogens (tertiary/aromatic N) is 1. The molecule has 5 nitrogen and oxygen atoms in total. The van der Waals surface area contributed by atoms with E-state index in [1.807, 2.05) is 13.0 Å². The van der Waals surface area contributed by atoms with E-state index < -0.39 is 5.97 Å². The minimum absolute atomic E-state index is 0.0969. The number of hydrogen-bond donors (Lipinski definition) is 1. The topological polar surface area (TPSA) is 62.9 Å². The molecule has 2 heterocycles. The number of aliphatic hydroxyl groups excluding tert-OH is 1. The molecule has 1 aromatic rings. The highest BCUT2D eigenvalue weighted by atomic mass is 16.5. The summed E-state index contributed by atoms with van der Waals surface area (Å²) in [5, 5.41) is 9.58. The molecule has 1 fully saturated rings. The summed E-state index contributed by atoms with van der Waals surface area (Å²) in [6.45, 7) is 4.89. The normalized spacial score (nSPS) is 22.7. The third kappa shape index (κ3) is 3.22. The third-order valence-corrected chi connectivity index (χ3v) is 3.96. The van der Waals surface area contributed by atoms with Gasteiger partial charge in [0.2, 0.25) is 5.76 Å². The lowest BCUT2D eigenvalue weighted by Gasteiger charge is -2.30. The van der Waals surface area contributed by atoms with Crippen molar-refractivity contribution in [1.29, 1.82) is 0 Å². The van der Waals surface area contributed by atoms with E-state index in [2.05, 4.69) is 16.6 Å². The molecule has 1 aliphatic heterocycles. The number of ether oxygens (including phenoxy) is 1. The Morgan fingerprint density at radius 2 is 2.30 bits per heavy atom. The molecule has 1 saturated heterocycles. The van der Waals surface area contributed by atoms with Crippen molar-refractivity contribution in [3.63, 3.8) is 0 Å². The van der Waals surface area contributed by atoms with Crippen molar-refractivity contribution in [3.8, 4) is 0 Å². The van der Waals surface area contributed by atoms with Gasteiger partial charge in [0.15, 0.2) is 0 Å². The molecule has 0 amide bonds. The molecular weight excluding hydrogens is 258 g/mol. The summed E-state index contributed by atoms with van der Waals surface area (Å²) in [4.78, 5) is 13.8. The Kier molecular flexibility index (Phi) is 4.83. The van der Waals surface area contributed by atoms with Gasteiger partial charge in [0.25, 0.3) is 0 Å². The van der Waals surface area contributed by atoms with Crippen LogP contribution >= 0.6 is 0 Å². The molecule has 0 aliphatic carbocycles. The monoisotopic (exact) mass is 281 g/mol. The predicted molar refractivity (Wildman–Crippen MR) is 74.5 cm³/mol. The number of esters is 1. The highest BCUT2D eigenvalue weighted by Gasteiger charge is 2.31. The van der Waals surface area contributed by atoms with Gasteiger partial charge in [-0.25, -0.2) is 4.79 Å². The van der Waals surface area contributed by atoms with E-state index in [0.717, 1.165) is 31.6 Å². The van der Waals surface area contributed by atoms with Gasteiger partial charge in [0, 0.05) is 6.04 Å². The summed E-state index contributed by atoms with van der Waals surface area (Å²) in [7, 11) is 1.34. The predicted octanol–water partition coefficient (Wildman–Crippen LogP) is 2.36. The molecular formula is C15H23NO4. The number of rotatable bonds is 5. The molecule has 1 aliphatic rings. The molecule has 0 bridgehead atoms. The van der Waals surface area contributed by atoms with E-state index in [1.165, 1.54) is 7.11 Å². The van der Waals surface area contributed by atoms with Gasteiger partial charge in [-0.05, 0) is 51.8 Å². The van der Waals surface area contributed by atoms with Gasteiger partial charge in [-0.3, -0.25) is 4.90 Å². The lowest BCUT2D eigenvalue weighted by atomic mass is 10.1. The molecule has 112 valence electrons. The van der Waals surface area contributed by atoms with Crippen LogP contribution < -0.4 is 0 Å². The van der Waals surface area contributed by atoms with Crippen molar-refractivity contribution in [1.82, 2.24) is 4.90 Å². The lowest BCUT2D eigenvalue weighted by Crippen LogP contribution is -2.34. The second-order valence-electron chi connectivity index (χ2n) is 5.49. The van der Waals surface area contributed by atoms with Crippen LogP contribution in [-0.4, -0.2) is 41.8 Å². The summed E-state index contributed by atoms with van der Waals surface area (Å²) >= 11 is 0. The van der Waals surface area contributed by atoms with Crippen LogP contribution in [0.25, 0.3) is 0 Å². The van der Waals surface area contributed by atoms with E-state index in [0.29, 0.717) is 6.04 Å². The Hall–Kier alpha value is -1.33. The number of likely N-dealkylation sites (tertiary alicyclic amines) is 1. The van der Waals surface area contributed by atoms with Crippen LogP contribution in [0.4, 0.5) is 0 Å². The Labute approximate surface area is 119 Å². The zero-order valence-corrected chi connectivity index (χ0v) is 12.3. The number of carbonyl (C=O) groups excluding carboxylic acids is 1. The van der Waals surface area contributed by atoms with Crippen LogP contribution in [0.2, 0.25) is 0 Å². The fourth-order valence-corrected chi connectivity index (χ4v) is 2.97. The maximum absolute atomic E-state index is 11.4. The highest BCUT2D eigenvalue weighted by Crippen LogP contribution is 2.32. The molecule has 0 unspecified atom stereocenters. The van der Waals surface area contributed by atoms with Crippen LogP contribution in [0.3, 0.4) is 0 Å². The van der Waals surface area contributed by atoms with Gasteiger partial charge >= 0.3 is 5.97 Å². The number of hydrogen-bond acceptors (Lipinski definition) is 5. The fourth-order valence-electron chi connectivity index (χ4n) is 2.97. The first kappa shape index (κ1) is 15.1. The van der Waals surface area contributed by atoms with E-state index in [-0.39, 0.29) is 17.9 Å². The average Bonchev–Trinajstić information content (AvgIpc) is 3.05. The first-order chi connectivity index (χ1) is 9.52. The number of aliphatic hydroxyl groups is 1. The Morgan fingerprint density at radius 1 is 1.55 bits per heavy atom. The number of methoxy groups -OCH3 is 1. The summed E-state index contributed by atoms with van der Waals surface area (Å²) in [6.07, 6.45) is 2.70. The molecule has 1 N–H and O–H groups in total. The van der Waals surface area contributed by atoms with Gasteiger partial charge in [-0.2, -0.15) is 0 Å². The molecule has 0 aromatic carbocycles. The molecule has 0 saturated carbocycles. The standard InChI is InChI=1S/C15H23NO4/c1-10(17)9-12-5-4-8-16(12)11(2)13-6-7-14(20-13)15(18)19-3/h6-7,10-12,17H,4-5,8-9H2,1-3H3/t10-,11-,12-/m0/s1. The van der Waals surface area contributed by atoms with Crippen LogP contribution in [0.15, 0.2) is 16.5 Å². The van der Waals surface area contributed by atoms with E-state index in [4.69, 9.17) is 4.42 Å². The fraction of sp³-hybridized carbons (Fsp3) is 0.667. The van der Waals surface area contributed by atoms with Gasteiger partial charge in [-0.1, -0.05) is 0 Å². The van der Waals surface area contributed by atoms with Crippen molar-refractivity contribution in [3.05, 3.63) is 23.7 Å². The molecule has 1 aromatic heterocycles. The van der Waals surface area contributed by atoms with Crippen molar-refractivity contribution in [2.24, 2.45) is 0 Å². The highest BCUT2D eigenvalue weighted by molar-refractivity contribution is 5.86. The van der Waals surface area contributed by atoms with Gasteiger partial charge < -0.3 is 14.3 Å². The van der Waals surface area contributed by atoms with Crippen molar-refractivity contribution >= 4 is 5.97 Å². The lowest BCUT2D eigenvalue weighted by molar-refractivity contribution is 0.0556. The molecule has 0 radical (unpaired) electrons. The SMILES string of the molecule is COC(=O)c1ccc([C@H](C)N2CCC[C@H]2C[C@H](C)O)o1. The van der Waals surface area contributed by atoms with Gasteiger partial charge in [-0.15, -0.1) is 0 Å². The van der Waals surface area contributed by atoms with Crippen molar-refractivity contribution in [2.45, 2.75) is 51.3 Å². The Balaban J connectivity index is 2.08. The minimum Gasteiger partial charge on any atom is -0.463 e. The average molecular weight is 281 g/mol. The third-order valence-electron chi connectivity index (χ3n) is 3.96. The number of carbonyl (C=O) groups is 1. The summed E-state index contributed by atoms with van der Waals surface area (Å²) in [5.41, 5.74) is 0. The molecule has 3 atom stereocenters. The summed E-state index contributed by atoms with van der Waals surface area (Å²) < 4.78 is 10.2. The maximum Gasteiger partial charge on any atom is 0.373 e. The minimum atomic E-state index is -0.453. The number of furan rings is 1. The van der Waals surface area contributed by atoms with Crippen molar-refractivity contribution < 1.29 is 19.1 Å².